The molecule has 0 unspecified atom stereocenters. The van der Waals surface area contributed by atoms with Crippen molar-refractivity contribution < 1.29 is 28.6 Å². The van der Waals surface area contributed by atoms with Crippen LogP contribution in [-0.2, 0) is 28.6 Å². The SMILES string of the molecule is CC/C=C\C/C=C\C/C=C\C/C=C\CCCCCCC(=O)O[C@H](COC(=O)CCCC/C=C\C/C=C\C/C=C\C/C=C\CC)COC(=O)CCCCCCCCC/C=C\C/C=C\CCCCC. The van der Waals surface area contributed by atoms with E-state index in [2.05, 4.69) is 142 Å². The minimum absolute atomic E-state index is 0.109. The molecule has 0 amide bonds. The third-order valence-corrected chi connectivity index (χ3v) is 10.9. The second-order valence-electron chi connectivity index (χ2n) is 17.4. The Morgan fingerprint density at radius 2 is 0.582 bits per heavy atom. The Kier molecular flexibility index (Phi) is 51.0. The van der Waals surface area contributed by atoms with Gasteiger partial charge in [-0.3, -0.25) is 14.4 Å². The summed E-state index contributed by atoms with van der Waals surface area (Å²) in [5.41, 5.74) is 0. The summed E-state index contributed by atoms with van der Waals surface area (Å²) in [4.78, 5) is 38.1. The fourth-order valence-corrected chi connectivity index (χ4v) is 6.92. The van der Waals surface area contributed by atoms with Crippen molar-refractivity contribution in [3.8, 4) is 0 Å². The highest BCUT2D eigenvalue weighted by molar-refractivity contribution is 5.71. The minimum Gasteiger partial charge on any atom is -0.462 e. The van der Waals surface area contributed by atoms with Gasteiger partial charge in [-0.05, 0) is 128 Å². The maximum atomic E-state index is 12.8. The molecule has 0 N–H and O–H groups in total. The van der Waals surface area contributed by atoms with Gasteiger partial charge in [0.2, 0.25) is 0 Å². The third kappa shape index (κ3) is 52.6. The molecule has 0 fully saturated rings. The largest absolute Gasteiger partial charge is 0.462 e. The normalized spacial score (nSPS) is 13.1. The zero-order chi connectivity index (χ0) is 48.6. The van der Waals surface area contributed by atoms with E-state index in [0.29, 0.717) is 19.3 Å². The summed E-state index contributed by atoms with van der Waals surface area (Å²) in [6.45, 7) is 6.31. The van der Waals surface area contributed by atoms with Crippen LogP contribution in [0.1, 0.15) is 226 Å². The van der Waals surface area contributed by atoms with Crippen molar-refractivity contribution in [2.45, 2.75) is 232 Å². The maximum absolute atomic E-state index is 12.8. The lowest BCUT2D eigenvalue weighted by molar-refractivity contribution is -0.167. The van der Waals surface area contributed by atoms with Crippen molar-refractivity contribution in [2.75, 3.05) is 13.2 Å². The van der Waals surface area contributed by atoms with E-state index in [1.165, 1.54) is 51.4 Å². The number of allylic oxidation sites excluding steroid dienone is 20. The van der Waals surface area contributed by atoms with Crippen molar-refractivity contribution in [3.63, 3.8) is 0 Å². The lowest BCUT2D eigenvalue weighted by atomic mass is 10.1. The quantitative estimate of drug-likeness (QED) is 0.0262. The zero-order valence-electron chi connectivity index (χ0n) is 43.1. The molecule has 0 saturated carbocycles. The summed E-state index contributed by atoms with van der Waals surface area (Å²) in [6.07, 6.45) is 74.7. The molecule has 0 saturated heterocycles. The summed E-state index contributed by atoms with van der Waals surface area (Å²) in [7, 11) is 0. The first kappa shape index (κ1) is 62.8. The minimum atomic E-state index is -0.815. The van der Waals surface area contributed by atoms with E-state index in [9.17, 15) is 14.4 Å². The van der Waals surface area contributed by atoms with E-state index >= 15 is 0 Å². The molecule has 0 aromatic rings. The van der Waals surface area contributed by atoms with Crippen molar-refractivity contribution >= 4 is 17.9 Å². The Hall–Kier alpha value is -4.19. The molecule has 0 aromatic carbocycles. The highest BCUT2D eigenvalue weighted by Gasteiger charge is 2.19. The van der Waals surface area contributed by atoms with Gasteiger partial charge in [0.25, 0.3) is 0 Å². The number of carbonyl (C=O) groups is 3. The van der Waals surface area contributed by atoms with Gasteiger partial charge < -0.3 is 14.2 Å². The molecule has 6 nitrogen and oxygen atoms in total. The van der Waals surface area contributed by atoms with Crippen molar-refractivity contribution in [2.24, 2.45) is 0 Å². The van der Waals surface area contributed by atoms with Gasteiger partial charge in [0.1, 0.15) is 13.2 Å². The van der Waals surface area contributed by atoms with Gasteiger partial charge in [-0.15, -0.1) is 0 Å². The number of esters is 3. The van der Waals surface area contributed by atoms with Gasteiger partial charge in [0, 0.05) is 19.3 Å². The summed E-state index contributed by atoms with van der Waals surface area (Å²) in [6, 6.07) is 0. The highest BCUT2D eigenvalue weighted by atomic mass is 16.6. The van der Waals surface area contributed by atoms with Crippen molar-refractivity contribution in [3.05, 3.63) is 122 Å². The molecule has 0 radical (unpaired) electrons. The molecular weight excluding hydrogens is 829 g/mol. The Morgan fingerprint density at radius 1 is 0.313 bits per heavy atom. The number of ether oxygens (including phenoxy) is 3. The number of hydrogen-bond donors (Lipinski definition) is 0. The molecule has 0 heterocycles. The Bertz CT molecular complexity index is 1440. The molecule has 0 bridgehead atoms. The third-order valence-electron chi connectivity index (χ3n) is 10.9. The maximum Gasteiger partial charge on any atom is 0.306 e. The smallest absolute Gasteiger partial charge is 0.306 e. The number of unbranched alkanes of at least 4 members (excludes halogenated alkanes) is 16. The Morgan fingerprint density at radius 3 is 0.940 bits per heavy atom. The summed E-state index contributed by atoms with van der Waals surface area (Å²) < 4.78 is 16.8. The molecule has 6 heteroatoms. The van der Waals surface area contributed by atoms with Crippen LogP contribution in [0.2, 0.25) is 0 Å². The predicted molar refractivity (Wildman–Crippen MR) is 288 cm³/mol. The molecule has 67 heavy (non-hydrogen) atoms. The molecule has 0 spiro atoms. The topological polar surface area (TPSA) is 78.9 Å². The number of carbonyl (C=O) groups excluding carboxylic acids is 3. The van der Waals surface area contributed by atoms with Crippen LogP contribution in [0.25, 0.3) is 0 Å². The van der Waals surface area contributed by atoms with Crippen LogP contribution in [0.3, 0.4) is 0 Å². The molecule has 378 valence electrons. The molecule has 0 aliphatic rings. The van der Waals surface area contributed by atoms with Gasteiger partial charge in [-0.25, -0.2) is 0 Å². The molecule has 1 atom stereocenters. The van der Waals surface area contributed by atoms with Gasteiger partial charge in [0.15, 0.2) is 6.10 Å². The van der Waals surface area contributed by atoms with E-state index in [-0.39, 0.29) is 37.5 Å². The van der Waals surface area contributed by atoms with Gasteiger partial charge in [-0.2, -0.15) is 0 Å². The van der Waals surface area contributed by atoms with Crippen LogP contribution in [0.15, 0.2) is 122 Å². The Labute approximate surface area is 412 Å². The van der Waals surface area contributed by atoms with Crippen LogP contribution in [0, 0.1) is 0 Å². The fraction of sp³-hybridized carbons (Fsp3) is 0.623. The fourth-order valence-electron chi connectivity index (χ4n) is 6.92. The molecular formula is C61H98O6. The second kappa shape index (κ2) is 54.4. The van der Waals surface area contributed by atoms with E-state index in [4.69, 9.17) is 14.2 Å². The zero-order valence-corrected chi connectivity index (χ0v) is 43.1. The first-order chi connectivity index (χ1) is 33.0. The lowest BCUT2D eigenvalue weighted by Crippen LogP contribution is -2.30. The van der Waals surface area contributed by atoms with Gasteiger partial charge >= 0.3 is 17.9 Å². The average molecular weight is 927 g/mol. The monoisotopic (exact) mass is 927 g/mol. The molecule has 0 aliphatic heterocycles. The highest BCUT2D eigenvalue weighted by Crippen LogP contribution is 2.13. The summed E-state index contributed by atoms with van der Waals surface area (Å²) in [5, 5.41) is 0. The lowest BCUT2D eigenvalue weighted by Gasteiger charge is -2.18. The van der Waals surface area contributed by atoms with Crippen molar-refractivity contribution in [1.82, 2.24) is 0 Å². The summed E-state index contributed by atoms with van der Waals surface area (Å²) >= 11 is 0. The standard InChI is InChI=1S/C61H98O6/c1-4-7-10-13-16-19-22-25-28-30-33-36-39-42-45-48-51-54-60(63)66-57-58(56-65-59(62)53-50-47-44-41-38-35-32-27-24-21-18-15-12-9-6-3)67-61(64)55-52-49-46-43-40-37-34-31-29-26-23-20-17-14-11-8-5-2/h8-9,11-12,16-21,25-29,32,34,37-38,41,58H,4-7,10,13-15,22-24,30-31,33,35-36,39-40,42-57H2,1-3H3/b11-8-,12-9-,19-16-,20-17-,21-18-,28-25-,29-26-,32-27-,37-34-,41-38-/t58-/m1/s1. The van der Waals surface area contributed by atoms with Crippen LogP contribution in [-0.4, -0.2) is 37.2 Å². The van der Waals surface area contributed by atoms with Crippen molar-refractivity contribution in [1.29, 1.82) is 0 Å². The molecule has 0 aromatic heterocycles. The molecule has 0 rings (SSSR count). The van der Waals surface area contributed by atoms with Crippen LogP contribution in [0.5, 0.6) is 0 Å². The number of hydrogen-bond acceptors (Lipinski definition) is 6. The summed E-state index contributed by atoms with van der Waals surface area (Å²) in [5.74, 6) is -0.988. The van der Waals surface area contributed by atoms with Gasteiger partial charge in [0.05, 0.1) is 0 Å². The first-order valence-electron chi connectivity index (χ1n) is 27.0. The van der Waals surface area contributed by atoms with Crippen LogP contribution in [0.4, 0.5) is 0 Å². The van der Waals surface area contributed by atoms with Crippen LogP contribution >= 0.6 is 0 Å². The predicted octanol–water partition coefficient (Wildman–Crippen LogP) is 18.1. The van der Waals surface area contributed by atoms with E-state index in [0.717, 1.165) is 128 Å². The first-order valence-corrected chi connectivity index (χ1v) is 27.0. The van der Waals surface area contributed by atoms with Crippen LogP contribution < -0.4 is 0 Å². The van der Waals surface area contributed by atoms with E-state index in [1.54, 1.807) is 0 Å². The molecule has 0 aliphatic carbocycles. The van der Waals surface area contributed by atoms with E-state index < -0.39 is 6.10 Å². The second-order valence-corrected chi connectivity index (χ2v) is 17.4. The van der Waals surface area contributed by atoms with Gasteiger partial charge in [-0.1, -0.05) is 200 Å². The number of rotatable bonds is 47. The Balaban J connectivity index is 4.53. The van der Waals surface area contributed by atoms with E-state index in [1.807, 2.05) is 0 Å². The average Bonchev–Trinajstić information content (AvgIpc) is 3.33.